The molecule has 0 fully saturated rings. The van der Waals surface area contributed by atoms with Gasteiger partial charge in [-0.25, -0.2) is 13.1 Å². The quantitative estimate of drug-likeness (QED) is 0.698. The standard InChI is InChI=1S/C13H21N3O3S/c1-13(2,16-20(3,18)19)9-15-12(17)11-6-4-10(8-14)5-7-11/h4-7,16H,8-9,14H2,1-3H3,(H,15,17). The molecule has 0 atom stereocenters. The Morgan fingerprint density at radius 2 is 1.80 bits per heavy atom. The average Bonchev–Trinajstić information content (AvgIpc) is 2.33. The van der Waals surface area contributed by atoms with Crippen LogP contribution >= 0.6 is 0 Å². The van der Waals surface area contributed by atoms with Crippen molar-refractivity contribution in [1.29, 1.82) is 0 Å². The number of nitrogens with two attached hydrogens (primary N) is 1. The van der Waals surface area contributed by atoms with E-state index in [1.54, 1.807) is 38.1 Å². The first-order valence-electron chi connectivity index (χ1n) is 6.19. The Balaban J connectivity index is 2.62. The van der Waals surface area contributed by atoms with Crippen LogP contribution in [0, 0.1) is 0 Å². The molecule has 4 N–H and O–H groups in total. The molecule has 1 amide bonds. The molecule has 1 aromatic rings. The van der Waals surface area contributed by atoms with Gasteiger partial charge in [-0.15, -0.1) is 0 Å². The molecule has 0 spiro atoms. The van der Waals surface area contributed by atoms with E-state index in [2.05, 4.69) is 10.0 Å². The molecule has 7 heteroatoms. The van der Waals surface area contributed by atoms with Crippen LogP contribution in [-0.4, -0.2) is 32.7 Å². The number of rotatable bonds is 6. The van der Waals surface area contributed by atoms with E-state index in [9.17, 15) is 13.2 Å². The Hall–Kier alpha value is -1.44. The van der Waals surface area contributed by atoms with Crippen molar-refractivity contribution in [3.05, 3.63) is 35.4 Å². The zero-order valence-electron chi connectivity index (χ0n) is 11.9. The molecule has 6 nitrogen and oxygen atoms in total. The average molecular weight is 299 g/mol. The third kappa shape index (κ3) is 5.68. The zero-order valence-corrected chi connectivity index (χ0v) is 12.8. The van der Waals surface area contributed by atoms with E-state index in [4.69, 9.17) is 5.73 Å². The topological polar surface area (TPSA) is 101 Å². The molecule has 0 aliphatic rings. The Bertz CT molecular complexity index is 565. The van der Waals surface area contributed by atoms with Crippen molar-refractivity contribution in [3.8, 4) is 0 Å². The SMILES string of the molecule is CC(C)(CNC(=O)c1ccc(CN)cc1)NS(C)(=O)=O. The van der Waals surface area contributed by atoms with E-state index in [-0.39, 0.29) is 12.5 Å². The van der Waals surface area contributed by atoms with E-state index < -0.39 is 15.6 Å². The van der Waals surface area contributed by atoms with Crippen LogP contribution in [0.2, 0.25) is 0 Å². The second-order valence-corrected chi connectivity index (χ2v) is 7.09. The lowest BCUT2D eigenvalue weighted by Crippen LogP contribution is -2.51. The molecule has 0 saturated heterocycles. The fraction of sp³-hybridized carbons (Fsp3) is 0.462. The number of hydrogen-bond donors (Lipinski definition) is 3. The Morgan fingerprint density at radius 1 is 1.25 bits per heavy atom. The van der Waals surface area contributed by atoms with Gasteiger partial charge in [0, 0.05) is 24.2 Å². The molecule has 0 radical (unpaired) electrons. The maximum atomic E-state index is 11.9. The molecule has 1 rings (SSSR count). The highest BCUT2D eigenvalue weighted by Crippen LogP contribution is 2.06. The third-order valence-electron chi connectivity index (χ3n) is 2.60. The highest BCUT2D eigenvalue weighted by molar-refractivity contribution is 7.88. The molecular weight excluding hydrogens is 278 g/mol. The lowest BCUT2D eigenvalue weighted by molar-refractivity contribution is 0.0944. The first-order chi connectivity index (χ1) is 9.13. The highest BCUT2D eigenvalue weighted by atomic mass is 32.2. The fourth-order valence-electron chi connectivity index (χ4n) is 1.73. The lowest BCUT2D eigenvalue weighted by Gasteiger charge is -2.25. The van der Waals surface area contributed by atoms with E-state index in [0.29, 0.717) is 12.1 Å². The third-order valence-corrected chi connectivity index (χ3v) is 3.53. The molecule has 0 bridgehead atoms. The van der Waals surface area contributed by atoms with Crippen molar-refractivity contribution in [2.75, 3.05) is 12.8 Å². The molecule has 0 heterocycles. The van der Waals surface area contributed by atoms with Crippen molar-refractivity contribution < 1.29 is 13.2 Å². The summed E-state index contributed by atoms with van der Waals surface area (Å²) in [6.07, 6.45) is 1.09. The maximum Gasteiger partial charge on any atom is 0.251 e. The predicted molar refractivity (Wildman–Crippen MR) is 78.7 cm³/mol. The molecule has 0 saturated carbocycles. The number of benzene rings is 1. The van der Waals surface area contributed by atoms with Gasteiger partial charge in [0.15, 0.2) is 0 Å². The molecule has 0 aliphatic carbocycles. The minimum Gasteiger partial charge on any atom is -0.350 e. The van der Waals surface area contributed by atoms with Gasteiger partial charge in [-0.05, 0) is 31.5 Å². The minimum absolute atomic E-state index is 0.192. The van der Waals surface area contributed by atoms with E-state index in [1.165, 1.54) is 0 Å². The van der Waals surface area contributed by atoms with Crippen molar-refractivity contribution in [3.63, 3.8) is 0 Å². The first kappa shape index (κ1) is 16.6. The van der Waals surface area contributed by atoms with Gasteiger partial charge in [0.2, 0.25) is 10.0 Å². The van der Waals surface area contributed by atoms with Crippen LogP contribution < -0.4 is 15.8 Å². The zero-order chi connectivity index (χ0) is 15.4. The van der Waals surface area contributed by atoms with Crippen LogP contribution in [-0.2, 0) is 16.6 Å². The van der Waals surface area contributed by atoms with Crippen LogP contribution in [0.3, 0.4) is 0 Å². The lowest BCUT2D eigenvalue weighted by atomic mass is 10.1. The van der Waals surface area contributed by atoms with Gasteiger partial charge in [-0.3, -0.25) is 4.79 Å². The Morgan fingerprint density at radius 3 is 2.25 bits per heavy atom. The summed E-state index contributed by atoms with van der Waals surface area (Å²) in [5.41, 5.74) is 6.19. The van der Waals surface area contributed by atoms with Crippen molar-refractivity contribution in [2.45, 2.75) is 25.9 Å². The normalized spacial score (nSPS) is 12.2. The second-order valence-electron chi connectivity index (χ2n) is 5.34. The van der Waals surface area contributed by atoms with E-state index >= 15 is 0 Å². The molecule has 20 heavy (non-hydrogen) atoms. The summed E-state index contributed by atoms with van der Waals surface area (Å²) < 4.78 is 24.9. The summed E-state index contributed by atoms with van der Waals surface area (Å²) in [6.45, 7) is 4.02. The van der Waals surface area contributed by atoms with Crippen LogP contribution in [0.25, 0.3) is 0 Å². The molecule has 0 aromatic heterocycles. The van der Waals surface area contributed by atoms with Gasteiger partial charge in [0.1, 0.15) is 0 Å². The fourth-order valence-corrected chi connectivity index (χ4v) is 2.81. The molecule has 112 valence electrons. The Labute approximate surface area is 119 Å². The van der Waals surface area contributed by atoms with Crippen LogP contribution in [0.1, 0.15) is 29.8 Å². The van der Waals surface area contributed by atoms with Gasteiger partial charge in [-0.1, -0.05) is 12.1 Å². The molecule has 0 aliphatic heterocycles. The van der Waals surface area contributed by atoms with E-state index in [0.717, 1.165) is 11.8 Å². The minimum atomic E-state index is -3.32. The molecular formula is C13H21N3O3S. The summed E-state index contributed by atoms with van der Waals surface area (Å²) in [5, 5.41) is 2.70. The monoisotopic (exact) mass is 299 g/mol. The van der Waals surface area contributed by atoms with Crippen molar-refractivity contribution in [1.82, 2.24) is 10.0 Å². The number of carbonyl (C=O) groups excluding carboxylic acids is 1. The summed E-state index contributed by atoms with van der Waals surface area (Å²) in [7, 11) is -3.32. The highest BCUT2D eigenvalue weighted by Gasteiger charge is 2.22. The number of sulfonamides is 1. The number of hydrogen-bond acceptors (Lipinski definition) is 4. The summed E-state index contributed by atoms with van der Waals surface area (Å²) in [4.78, 5) is 11.9. The number of carbonyl (C=O) groups is 1. The van der Waals surface area contributed by atoms with Crippen molar-refractivity contribution >= 4 is 15.9 Å². The molecule has 1 aromatic carbocycles. The Kier molecular flexibility index (Phi) is 5.27. The smallest absolute Gasteiger partial charge is 0.251 e. The second kappa shape index (κ2) is 6.34. The molecule has 0 unspecified atom stereocenters. The van der Waals surface area contributed by atoms with Crippen molar-refractivity contribution in [2.24, 2.45) is 5.73 Å². The summed E-state index contributed by atoms with van der Waals surface area (Å²) in [5.74, 6) is -0.253. The van der Waals surface area contributed by atoms with Crippen LogP contribution in [0.15, 0.2) is 24.3 Å². The first-order valence-corrected chi connectivity index (χ1v) is 8.08. The van der Waals surface area contributed by atoms with Crippen LogP contribution in [0.5, 0.6) is 0 Å². The maximum absolute atomic E-state index is 11.9. The predicted octanol–water partition coefficient (Wildman–Crippen LogP) is 0.203. The summed E-state index contributed by atoms with van der Waals surface area (Å²) in [6, 6.07) is 6.95. The van der Waals surface area contributed by atoms with Gasteiger partial charge < -0.3 is 11.1 Å². The van der Waals surface area contributed by atoms with E-state index in [1.807, 2.05) is 0 Å². The largest absolute Gasteiger partial charge is 0.350 e. The van der Waals surface area contributed by atoms with Gasteiger partial charge >= 0.3 is 0 Å². The number of amides is 1. The number of nitrogens with one attached hydrogen (secondary N) is 2. The van der Waals surface area contributed by atoms with Gasteiger partial charge in [-0.2, -0.15) is 0 Å². The summed E-state index contributed by atoms with van der Waals surface area (Å²) >= 11 is 0. The van der Waals surface area contributed by atoms with Gasteiger partial charge in [0.05, 0.1) is 6.26 Å². The van der Waals surface area contributed by atoms with Gasteiger partial charge in [0.25, 0.3) is 5.91 Å². The van der Waals surface area contributed by atoms with Crippen LogP contribution in [0.4, 0.5) is 0 Å².